The summed E-state index contributed by atoms with van der Waals surface area (Å²) >= 11 is 0. The molecule has 0 bridgehead atoms. The van der Waals surface area contributed by atoms with E-state index in [1.165, 1.54) is 24.3 Å². The average molecular weight is 391 g/mol. The monoisotopic (exact) mass is 391 g/mol. The van der Waals surface area contributed by atoms with Gasteiger partial charge in [0.2, 0.25) is 5.91 Å². The predicted molar refractivity (Wildman–Crippen MR) is 95.5 cm³/mol. The van der Waals surface area contributed by atoms with Crippen molar-refractivity contribution in [3.63, 3.8) is 0 Å². The van der Waals surface area contributed by atoms with Crippen molar-refractivity contribution in [3.05, 3.63) is 65.2 Å². The van der Waals surface area contributed by atoms with Crippen molar-refractivity contribution < 1.29 is 33.0 Å². The number of halogens is 2. The standard InChI is InChI=1S/C20H19F2NO5/c21-20(22)28-16-6-2-4-14(11-16)17-12-23(7-8-27-17)18(24)10-13-3-1-5-15(9-13)19(25)26/h1-6,9,11,17,20H,7-8,10,12H2,(H,25,26). The Bertz CT molecular complexity index is 858. The molecule has 1 fully saturated rings. The zero-order valence-corrected chi connectivity index (χ0v) is 14.9. The number of amides is 1. The van der Waals surface area contributed by atoms with Crippen molar-refractivity contribution in [2.75, 3.05) is 19.7 Å². The fourth-order valence-corrected chi connectivity index (χ4v) is 3.07. The van der Waals surface area contributed by atoms with E-state index in [-0.39, 0.29) is 30.2 Å². The molecule has 2 aromatic rings. The lowest BCUT2D eigenvalue weighted by molar-refractivity contribution is -0.138. The van der Waals surface area contributed by atoms with Crippen LogP contribution < -0.4 is 4.74 Å². The molecule has 1 N–H and O–H groups in total. The van der Waals surface area contributed by atoms with Gasteiger partial charge in [-0.25, -0.2) is 4.79 Å². The minimum Gasteiger partial charge on any atom is -0.478 e. The van der Waals surface area contributed by atoms with Gasteiger partial charge in [-0.2, -0.15) is 8.78 Å². The van der Waals surface area contributed by atoms with Gasteiger partial charge >= 0.3 is 12.6 Å². The fourth-order valence-electron chi connectivity index (χ4n) is 3.07. The molecule has 0 radical (unpaired) electrons. The van der Waals surface area contributed by atoms with Gasteiger partial charge in [-0.1, -0.05) is 24.3 Å². The lowest BCUT2D eigenvalue weighted by Crippen LogP contribution is -2.43. The van der Waals surface area contributed by atoms with Crippen molar-refractivity contribution >= 4 is 11.9 Å². The highest BCUT2D eigenvalue weighted by atomic mass is 19.3. The summed E-state index contributed by atoms with van der Waals surface area (Å²) in [6.45, 7) is -1.93. The van der Waals surface area contributed by atoms with Crippen molar-refractivity contribution in [3.8, 4) is 5.75 Å². The number of carbonyl (C=O) groups is 2. The molecule has 0 aliphatic carbocycles. The first kappa shape index (κ1) is 19.8. The number of benzene rings is 2. The molecule has 2 aromatic carbocycles. The van der Waals surface area contributed by atoms with Crippen LogP contribution in [-0.2, 0) is 16.0 Å². The quantitative estimate of drug-likeness (QED) is 0.819. The second-order valence-electron chi connectivity index (χ2n) is 6.33. The van der Waals surface area contributed by atoms with Crippen LogP contribution in [0.2, 0.25) is 0 Å². The molecule has 8 heteroatoms. The lowest BCUT2D eigenvalue weighted by atomic mass is 10.1. The van der Waals surface area contributed by atoms with Crippen LogP contribution in [0.1, 0.15) is 27.6 Å². The highest BCUT2D eigenvalue weighted by molar-refractivity contribution is 5.88. The molecule has 1 aliphatic heterocycles. The third kappa shape index (κ3) is 5.04. The summed E-state index contributed by atoms with van der Waals surface area (Å²) in [5, 5.41) is 9.06. The van der Waals surface area contributed by atoms with Gasteiger partial charge in [0.1, 0.15) is 11.9 Å². The average Bonchev–Trinajstić information content (AvgIpc) is 2.68. The first-order valence-electron chi connectivity index (χ1n) is 8.69. The van der Waals surface area contributed by atoms with Crippen LogP contribution in [0.3, 0.4) is 0 Å². The highest BCUT2D eigenvalue weighted by Gasteiger charge is 2.26. The van der Waals surface area contributed by atoms with Gasteiger partial charge in [0.15, 0.2) is 0 Å². The second-order valence-corrected chi connectivity index (χ2v) is 6.33. The Morgan fingerprint density at radius 3 is 2.75 bits per heavy atom. The minimum absolute atomic E-state index is 0.0324. The van der Waals surface area contributed by atoms with Crippen LogP contribution in [0.25, 0.3) is 0 Å². The molecule has 0 spiro atoms. The Morgan fingerprint density at radius 2 is 2.00 bits per heavy atom. The van der Waals surface area contributed by atoms with Gasteiger partial charge < -0.3 is 19.5 Å². The molecular formula is C20H19F2NO5. The number of aromatic carboxylic acids is 1. The highest BCUT2D eigenvalue weighted by Crippen LogP contribution is 2.26. The summed E-state index contributed by atoms with van der Waals surface area (Å²) in [6.07, 6.45) is -0.383. The molecule has 6 nitrogen and oxygen atoms in total. The zero-order chi connectivity index (χ0) is 20.1. The van der Waals surface area contributed by atoms with E-state index in [0.29, 0.717) is 24.3 Å². The van der Waals surface area contributed by atoms with Crippen LogP contribution in [0.4, 0.5) is 8.78 Å². The number of hydrogen-bond donors (Lipinski definition) is 1. The van der Waals surface area contributed by atoms with Crippen LogP contribution in [0.5, 0.6) is 5.75 Å². The summed E-state index contributed by atoms with van der Waals surface area (Å²) in [7, 11) is 0. The largest absolute Gasteiger partial charge is 0.478 e. The number of hydrogen-bond acceptors (Lipinski definition) is 4. The molecule has 148 valence electrons. The van der Waals surface area contributed by atoms with E-state index in [0.717, 1.165) is 0 Å². The Morgan fingerprint density at radius 1 is 1.21 bits per heavy atom. The second kappa shape index (κ2) is 8.79. The first-order chi connectivity index (χ1) is 13.4. The van der Waals surface area contributed by atoms with E-state index in [1.807, 2.05) is 0 Å². The zero-order valence-electron chi connectivity index (χ0n) is 14.9. The number of alkyl halides is 2. The first-order valence-corrected chi connectivity index (χ1v) is 8.69. The molecule has 1 saturated heterocycles. The molecular weight excluding hydrogens is 372 g/mol. The summed E-state index contributed by atoms with van der Waals surface area (Å²) in [6, 6.07) is 12.5. The number of ether oxygens (including phenoxy) is 2. The maximum atomic E-state index is 12.6. The normalized spacial score (nSPS) is 16.8. The Labute approximate surface area is 160 Å². The molecule has 0 saturated carbocycles. The molecule has 1 atom stereocenters. The molecule has 3 rings (SSSR count). The maximum absolute atomic E-state index is 12.6. The Hall–Kier alpha value is -3.00. The maximum Gasteiger partial charge on any atom is 0.387 e. The third-order valence-electron chi connectivity index (χ3n) is 4.40. The van der Waals surface area contributed by atoms with Gasteiger partial charge in [-0.15, -0.1) is 0 Å². The van der Waals surface area contributed by atoms with E-state index in [1.54, 1.807) is 29.2 Å². The van der Waals surface area contributed by atoms with Gasteiger partial charge in [-0.05, 0) is 35.4 Å². The summed E-state index contributed by atoms with van der Waals surface area (Å²) < 4.78 is 34.9. The summed E-state index contributed by atoms with van der Waals surface area (Å²) in [5.41, 5.74) is 1.38. The molecule has 28 heavy (non-hydrogen) atoms. The number of carbonyl (C=O) groups excluding carboxylic acids is 1. The molecule has 1 aliphatic rings. The Kier molecular flexibility index (Phi) is 6.20. The van der Waals surface area contributed by atoms with Crippen molar-refractivity contribution in [1.29, 1.82) is 0 Å². The number of nitrogens with zero attached hydrogens (tertiary/aromatic N) is 1. The van der Waals surface area contributed by atoms with Gasteiger partial charge in [-0.3, -0.25) is 4.79 Å². The van der Waals surface area contributed by atoms with Crippen LogP contribution >= 0.6 is 0 Å². The fraction of sp³-hybridized carbons (Fsp3) is 0.300. The van der Waals surface area contributed by atoms with E-state index in [4.69, 9.17) is 9.84 Å². The molecule has 1 heterocycles. The van der Waals surface area contributed by atoms with E-state index in [9.17, 15) is 18.4 Å². The van der Waals surface area contributed by atoms with Gasteiger partial charge in [0.05, 0.1) is 25.1 Å². The van der Waals surface area contributed by atoms with Crippen molar-refractivity contribution in [2.45, 2.75) is 19.1 Å². The number of rotatable bonds is 6. The summed E-state index contributed by atoms with van der Waals surface area (Å²) in [4.78, 5) is 25.3. The number of carboxylic acid groups (broad SMARTS) is 1. The predicted octanol–water partition coefficient (Wildman–Crippen LogP) is 3.13. The van der Waals surface area contributed by atoms with Crippen LogP contribution in [0.15, 0.2) is 48.5 Å². The summed E-state index contributed by atoms with van der Waals surface area (Å²) in [5.74, 6) is -1.17. The molecule has 0 aromatic heterocycles. The van der Waals surface area contributed by atoms with Crippen molar-refractivity contribution in [1.82, 2.24) is 4.90 Å². The van der Waals surface area contributed by atoms with E-state index >= 15 is 0 Å². The topological polar surface area (TPSA) is 76.1 Å². The van der Waals surface area contributed by atoms with E-state index < -0.39 is 18.7 Å². The number of morpholine rings is 1. The van der Waals surface area contributed by atoms with E-state index in [2.05, 4.69) is 4.74 Å². The van der Waals surface area contributed by atoms with Gasteiger partial charge in [0, 0.05) is 6.54 Å². The smallest absolute Gasteiger partial charge is 0.387 e. The lowest BCUT2D eigenvalue weighted by Gasteiger charge is -2.33. The molecule has 1 unspecified atom stereocenters. The Balaban J connectivity index is 1.67. The molecule has 1 amide bonds. The SMILES string of the molecule is O=C(O)c1cccc(CC(=O)N2CCOC(c3cccc(OC(F)F)c3)C2)c1. The van der Waals surface area contributed by atoms with Crippen LogP contribution in [0, 0.1) is 0 Å². The van der Waals surface area contributed by atoms with Gasteiger partial charge in [0.25, 0.3) is 0 Å². The minimum atomic E-state index is -2.91. The third-order valence-corrected chi connectivity index (χ3v) is 4.40. The van der Waals surface area contributed by atoms with Crippen LogP contribution in [-0.4, -0.2) is 48.2 Å². The van der Waals surface area contributed by atoms with Crippen molar-refractivity contribution in [2.24, 2.45) is 0 Å². The number of carboxylic acids is 1.